The van der Waals surface area contributed by atoms with Crippen molar-refractivity contribution in [3.63, 3.8) is 0 Å². The van der Waals surface area contributed by atoms with E-state index in [-0.39, 0.29) is 10.1 Å². The summed E-state index contributed by atoms with van der Waals surface area (Å²) in [5, 5.41) is 0. The number of likely N-dealkylation sites (tertiary alicyclic amines) is 2. The van der Waals surface area contributed by atoms with E-state index in [2.05, 4.69) is 27.5 Å². The molecule has 0 aromatic rings. The number of nitrogens with zero attached hydrogens (tertiary/aromatic N) is 2. The number of amides is 1. The standard InChI is InChI=1S/C12H20FIN2O2/c1-12(2,3)18-11(17)15-6-8(7-15)16-5-4-9(13)10(16)14/h8-10H,4-7H2,1-3H3. The summed E-state index contributed by atoms with van der Waals surface area (Å²) in [5.74, 6) is 0. The van der Waals surface area contributed by atoms with Gasteiger partial charge in [0.05, 0.1) is 4.05 Å². The van der Waals surface area contributed by atoms with Crippen molar-refractivity contribution < 1.29 is 13.9 Å². The summed E-state index contributed by atoms with van der Waals surface area (Å²) < 4.78 is 18.7. The number of halogens is 2. The third kappa shape index (κ3) is 3.07. The van der Waals surface area contributed by atoms with Crippen LogP contribution in [0.25, 0.3) is 0 Å². The van der Waals surface area contributed by atoms with Gasteiger partial charge in [0.15, 0.2) is 0 Å². The summed E-state index contributed by atoms with van der Waals surface area (Å²) in [7, 11) is 0. The SMILES string of the molecule is CC(C)(C)OC(=O)N1CC(N2CCC(F)C2I)C1. The van der Waals surface area contributed by atoms with E-state index < -0.39 is 11.8 Å². The van der Waals surface area contributed by atoms with Crippen LogP contribution >= 0.6 is 22.6 Å². The van der Waals surface area contributed by atoms with Crippen LogP contribution in [0.2, 0.25) is 0 Å². The average Bonchev–Trinajstić information content (AvgIpc) is 2.44. The van der Waals surface area contributed by atoms with E-state index in [1.807, 2.05) is 20.8 Å². The van der Waals surface area contributed by atoms with Crippen LogP contribution in [0.3, 0.4) is 0 Å². The zero-order valence-corrected chi connectivity index (χ0v) is 13.2. The molecule has 0 aliphatic carbocycles. The molecule has 0 aromatic heterocycles. The Bertz CT molecular complexity index is 329. The molecule has 2 saturated heterocycles. The molecule has 2 heterocycles. The third-order valence-corrected chi connectivity index (χ3v) is 4.76. The number of rotatable bonds is 1. The lowest BCUT2D eigenvalue weighted by Crippen LogP contribution is -2.62. The summed E-state index contributed by atoms with van der Waals surface area (Å²) in [6.07, 6.45) is -0.391. The topological polar surface area (TPSA) is 32.8 Å². The molecule has 4 nitrogen and oxygen atoms in total. The molecule has 2 rings (SSSR count). The molecule has 0 radical (unpaired) electrons. The van der Waals surface area contributed by atoms with Crippen LogP contribution in [-0.4, -0.2) is 57.4 Å². The largest absolute Gasteiger partial charge is 0.444 e. The Morgan fingerprint density at radius 1 is 1.39 bits per heavy atom. The van der Waals surface area contributed by atoms with Crippen LogP contribution in [0.1, 0.15) is 27.2 Å². The Hall–Kier alpha value is -0.110. The van der Waals surface area contributed by atoms with Gasteiger partial charge in [0.25, 0.3) is 0 Å². The van der Waals surface area contributed by atoms with Gasteiger partial charge in [-0.2, -0.15) is 0 Å². The van der Waals surface area contributed by atoms with Gasteiger partial charge in [-0.15, -0.1) is 0 Å². The second-order valence-electron chi connectivity index (χ2n) is 5.95. The summed E-state index contributed by atoms with van der Waals surface area (Å²) in [6.45, 7) is 7.68. The molecular weight excluding hydrogens is 350 g/mol. The molecule has 0 N–H and O–H groups in total. The second kappa shape index (κ2) is 5.11. The Kier molecular flexibility index (Phi) is 4.06. The number of carbonyl (C=O) groups is 1. The first kappa shape index (κ1) is 14.3. The van der Waals surface area contributed by atoms with Crippen molar-refractivity contribution in [2.45, 2.75) is 49.1 Å². The van der Waals surface area contributed by atoms with E-state index in [0.717, 1.165) is 6.54 Å². The first-order chi connectivity index (χ1) is 8.28. The predicted octanol–water partition coefficient (Wildman–Crippen LogP) is 2.41. The van der Waals surface area contributed by atoms with E-state index >= 15 is 0 Å². The Labute approximate surface area is 121 Å². The zero-order valence-electron chi connectivity index (χ0n) is 11.0. The molecule has 18 heavy (non-hydrogen) atoms. The minimum absolute atomic E-state index is 0.0478. The van der Waals surface area contributed by atoms with Crippen LogP contribution in [0.15, 0.2) is 0 Å². The Morgan fingerprint density at radius 3 is 2.44 bits per heavy atom. The summed E-state index contributed by atoms with van der Waals surface area (Å²) in [6, 6.07) is 0.292. The van der Waals surface area contributed by atoms with Gasteiger partial charge in [0.1, 0.15) is 11.8 Å². The van der Waals surface area contributed by atoms with Crippen LogP contribution in [0.5, 0.6) is 0 Å². The van der Waals surface area contributed by atoms with Crippen LogP contribution in [0, 0.1) is 0 Å². The molecule has 6 heteroatoms. The lowest BCUT2D eigenvalue weighted by Gasteiger charge is -2.45. The molecular formula is C12H20FIN2O2. The average molecular weight is 370 g/mol. The van der Waals surface area contributed by atoms with Crippen molar-refractivity contribution >= 4 is 28.7 Å². The monoisotopic (exact) mass is 370 g/mol. The van der Waals surface area contributed by atoms with Crippen molar-refractivity contribution in [3.8, 4) is 0 Å². The minimum Gasteiger partial charge on any atom is -0.444 e. The van der Waals surface area contributed by atoms with Crippen molar-refractivity contribution in [2.75, 3.05) is 19.6 Å². The highest BCUT2D eigenvalue weighted by Gasteiger charge is 2.43. The second-order valence-corrected chi connectivity index (χ2v) is 7.23. The maximum absolute atomic E-state index is 13.4. The van der Waals surface area contributed by atoms with Gasteiger partial charge in [-0.3, -0.25) is 4.90 Å². The molecule has 1 amide bonds. The fourth-order valence-corrected chi connectivity index (χ4v) is 3.36. The van der Waals surface area contributed by atoms with Gasteiger partial charge in [-0.25, -0.2) is 9.18 Å². The van der Waals surface area contributed by atoms with Gasteiger partial charge < -0.3 is 9.64 Å². The van der Waals surface area contributed by atoms with Gasteiger partial charge in [0, 0.05) is 25.7 Å². The molecule has 2 fully saturated rings. The van der Waals surface area contributed by atoms with Gasteiger partial charge >= 0.3 is 6.09 Å². The fourth-order valence-electron chi connectivity index (χ4n) is 2.27. The number of hydrogen-bond donors (Lipinski definition) is 0. The summed E-state index contributed by atoms with van der Waals surface area (Å²) in [5.41, 5.74) is -0.453. The highest BCUT2D eigenvalue weighted by Crippen LogP contribution is 2.31. The minimum atomic E-state index is -0.735. The first-order valence-electron chi connectivity index (χ1n) is 6.30. The molecule has 0 saturated carbocycles. The maximum atomic E-state index is 13.4. The van der Waals surface area contributed by atoms with Gasteiger partial charge in [-0.05, 0) is 27.2 Å². The van der Waals surface area contributed by atoms with E-state index in [4.69, 9.17) is 4.74 Å². The molecule has 2 atom stereocenters. The highest BCUT2D eigenvalue weighted by atomic mass is 127. The maximum Gasteiger partial charge on any atom is 0.410 e. The van der Waals surface area contributed by atoms with Crippen LogP contribution in [0.4, 0.5) is 9.18 Å². The molecule has 0 bridgehead atoms. The molecule has 2 unspecified atom stereocenters. The Balaban J connectivity index is 1.79. The van der Waals surface area contributed by atoms with Crippen molar-refractivity contribution in [1.82, 2.24) is 9.80 Å². The summed E-state index contributed by atoms with van der Waals surface area (Å²) in [4.78, 5) is 15.6. The van der Waals surface area contributed by atoms with E-state index in [0.29, 0.717) is 25.6 Å². The highest BCUT2D eigenvalue weighted by molar-refractivity contribution is 14.1. The smallest absolute Gasteiger partial charge is 0.410 e. The normalized spacial score (nSPS) is 30.4. The summed E-state index contributed by atoms with van der Waals surface area (Å²) >= 11 is 2.16. The predicted molar refractivity (Wildman–Crippen MR) is 75.6 cm³/mol. The lowest BCUT2D eigenvalue weighted by atomic mass is 10.1. The molecule has 104 valence electrons. The lowest BCUT2D eigenvalue weighted by molar-refractivity contribution is -0.0131. The van der Waals surface area contributed by atoms with Crippen molar-refractivity contribution in [2.24, 2.45) is 0 Å². The van der Waals surface area contributed by atoms with Gasteiger partial charge in [0.2, 0.25) is 0 Å². The van der Waals surface area contributed by atoms with Crippen LogP contribution in [-0.2, 0) is 4.74 Å². The van der Waals surface area contributed by atoms with Gasteiger partial charge in [-0.1, -0.05) is 22.6 Å². The number of hydrogen-bond acceptors (Lipinski definition) is 3. The molecule has 0 aromatic carbocycles. The molecule has 2 aliphatic heterocycles. The van der Waals surface area contributed by atoms with Crippen LogP contribution < -0.4 is 0 Å². The fraction of sp³-hybridized carbons (Fsp3) is 0.917. The van der Waals surface area contributed by atoms with E-state index in [1.165, 1.54) is 0 Å². The number of carbonyl (C=O) groups excluding carboxylic acids is 1. The quantitative estimate of drug-likeness (QED) is 0.404. The molecule has 2 aliphatic rings. The first-order valence-corrected chi connectivity index (χ1v) is 7.54. The number of ether oxygens (including phenoxy) is 1. The third-order valence-electron chi connectivity index (χ3n) is 3.26. The molecule has 0 spiro atoms. The number of alkyl halides is 2. The van der Waals surface area contributed by atoms with Crippen molar-refractivity contribution in [3.05, 3.63) is 0 Å². The van der Waals surface area contributed by atoms with Crippen molar-refractivity contribution in [1.29, 1.82) is 0 Å². The van der Waals surface area contributed by atoms with E-state index in [1.54, 1.807) is 4.90 Å². The zero-order chi connectivity index (χ0) is 13.5. The Morgan fingerprint density at radius 2 is 2.00 bits per heavy atom. The van der Waals surface area contributed by atoms with E-state index in [9.17, 15) is 9.18 Å².